The van der Waals surface area contributed by atoms with E-state index in [1.54, 1.807) is 6.26 Å². The average Bonchev–Trinajstić information content (AvgIpc) is 3.34. The first-order chi connectivity index (χ1) is 12.5. The van der Waals surface area contributed by atoms with Crippen molar-refractivity contribution in [1.29, 1.82) is 0 Å². The Balaban J connectivity index is 1.59. The molecule has 0 aromatic carbocycles. The van der Waals surface area contributed by atoms with E-state index < -0.39 is 11.9 Å². The molecule has 1 fully saturated rings. The summed E-state index contributed by atoms with van der Waals surface area (Å²) in [5.74, 6) is 1.47. The maximum Gasteiger partial charge on any atom is 0.434 e. The summed E-state index contributed by atoms with van der Waals surface area (Å²) in [7, 11) is 0. The number of hydrogen-bond donors (Lipinski definition) is 2. The molecule has 0 atom stereocenters. The molecular weight excluding hydrogens is 365 g/mol. The lowest BCUT2D eigenvalue weighted by atomic mass is 10.2. The number of thiazole rings is 1. The molecule has 9 heteroatoms. The first-order valence-electron chi connectivity index (χ1n) is 8.59. The summed E-state index contributed by atoms with van der Waals surface area (Å²) >= 11 is 0.974. The summed E-state index contributed by atoms with van der Waals surface area (Å²) in [5.41, 5.74) is -0.858. The molecule has 0 saturated heterocycles. The van der Waals surface area contributed by atoms with E-state index in [1.165, 1.54) is 12.8 Å². The molecule has 1 saturated carbocycles. The van der Waals surface area contributed by atoms with Crippen LogP contribution in [0.15, 0.2) is 33.2 Å². The molecule has 3 rings (SSSR count). The fourth-order valence-electron chi connectivity index (χ4n) is 2.84. The van der Waals surface area contributed by atoms with Crippen molar-refractivity contribution in [1.82, 2.24) is 15.6 Å². The fraction of sp³-hybridized carbons (Fsp3) is 0.529. The van der Waals surface area contributed by atoms with Crippen LogP contribution in [0.25, 0.3) is 0 Å². The maximum absolute atomic E-state index is 12.6. The van der Waals surface area contributed by atoms with Gasteiger partial charge in [0.05, 0.1) is 12.8 Å². The van der Waals surface area contributed by atoms with Gasteiger partial charge in [-0.2, -0.15) is 13.2 Å². The van der Waals surface area contributed by atoms with Crippen molar-refractivity contribution in [2.45, 2.75) is 50.9 Å². The molecule has 2 heterocycles. The smallest absolute Gasteiger partial charge is 0.434 e. The van der Waals surface area contributed by atoms with Crippen LogP contribution in [0.1, 0.15) is 42.1 Å². The normalized spacial score (nSPS) is 16.2. The van der Waals surface area contributed by atoms with Crippen molar-refractivity contribution >= 4 is 17.3 Å². The van der Waals surface area contributed by atoms with Gasteiger partial charge in [0.1, 0.15) is 10.8 Å². The van der Waals surface area contributed by atoms with E-state index in [9.17, 15) is 13.2 Å². The lowest BCUT2D eigenvalue weighted by molar-refractivity contribution is -0.140. The van der Waals surface area contributed by atoms with E-state index in [2.05, 4.69) is 20.6 Å². The van der Waals surface area contributed by atoms with Gasteiger partial charge in [-0.15, -0.1) is 11.3 Å². The molecule has 1 aliphatic rings. The Morgan fingerprint density at radius 1 is 1.35 bits per heavy atom. The molecule has 0 radical (unpaired) electrons. The Bertz CT molecular complexity index is 706. The van der Waals surface area contributed by atoms with Crippen molar-refractivity contribution in [3.63, 3.8) is 0 Å². The molecule has 26 heavy (non-hydrogen) atoms. The van der Waals surface area contributed by atoms with Gasteiger partial charge in [-0.05, 0) is 25.0 Å². The molecule has 0 bridgehead atoms. The Kier molecular flexibility index (Phi) is 6.18. The molecular formula is C17H21F3N4OS. The summed E-state index contributed by atoms with van der Waals surface area (Å²) < 4.78 is 43.2. The second-order valence-electron chi connectivity index (χ2n) is 6.17. The van der Waals surface area contributed by atoms with Crippen LogP contribution in [0.3, 0.4) is 0 Å². The number of halogens is 3. The van der Waals surface area contributed by atoms with Crippen molar-refractivity contribution in [2.75, 3.05) is 6.54 Å². The summed E-state index contributed by atoms with van der Waals surface area (Å²) in [4.78, 5) is 8.04. The number of guanidine groups is 1. The Morgan fingerprint density at radius 3 is 2.81 bits per heavy atom. The van der Waals surface area contributed by atoms with Crippen LogP contribution >= 0.6 is 11.3 Å². The zero-order chi connectivity index (χ0) is 18.4. The van der Waals surface area contributed by atoms with Crippen LogP contribution in [0.4, 0.5) is 13.2 Å². The van der Waals surface area contributed by atoms with E-state index in [0.717, 1.165) is 35.3 Å². The van der Waals surface area contributed by atoms with E-state index in [1.807, 2.05) is 12.1 Å². The highest BCUT2D eigenvalue weighted by molar-refractivity contribution is 7.09. The molecule has 2 N–H and O–H groups in total. The Hall–Kier alpha value is -2.03. The van der Waals surface area contributed by atoms with Crippen LogP contribution in [-0.2, 0) is 19.1 Å². The third-order valence-electron chi connectivity index (χ3n) is 4.15. The lowest BCUT2D eigenvalue weighted by Crippen LogP contribution is -2.43. The van der Waals surface area contributed by atoms with Crippen LogP contribution < -0.4 is 10.6 Å². The van der Waals surface area contributed by atoms with Gasteiger partial charge >= 0.3 is 6.18 Å². The van der Waals surface area contributed by atoms with Crippen LogP contribution in [0, 0.1) is 0 Å². The van der Waals surface area contributed by atoms with Gasteiger partial charge in [-0.3, -0.25) is 0 Å². The molecule has 5 nitrogen and oxygen atoms in total. The van der Waals surface area contributed by atoms with Crippen LogP contribution in [0.5, 0.6) is 0 Å². The minimum absolute atomic E-state index is 0.115. The number of nitrogens with one attached hydrogen (secondary N) is 2. The third-order valence-corrected chi connectivity index (χ3v) is 4.99. The van der Waals surface area contributed by atoms with Crippen molar-refractivity contribution in [2.24, 2.45) is 4.99 Å². The molecule has 142 valence electrons. The van der Waals surface area contributed by atoms with Gasteiger partial charge in [0.25, 0.3) is 0 Å². The van der Waals surface area contributed by atoms with Gasteiger partial charge in [-0.25, -0.2) is 9.98 Å². The zero-order valence-electron chi connectivity index (χ0n) is 14.2. The summed E-state index contributed by atoms with van der Waals surface area (Å²) in [5, 5.41) is 7.96. The summed E-state index contributed by atoms with van der Waals surface area (Å²) in [6, 6.07) is 4.09. The number of alkyl halides is 3. The second-order valence-corrected chi connectivity index (χ2v) is 7.11. The van der Waals surface area contributed by atoms with Crippen LogP contribution in [0.2, 0.25) is 0 Å². The van der Waals surface area contributed by atoms with Crippen molar-refractivity contribution < 1.29 is 17.6 Å². The molecule has 1 aliphatic carbocycles. The molecule has 0 aliphatic heterocycles. The largest absolute Gasteiger partial charge is 0.469 e. The van der Waals surface area contributed by atoms with Gasteiger partial charge < -0.3 is 15.1 Å². The maximum atomic E-state index is 12.6. The fourth-order valence-corrected chi connectivity index (χ4v) is 3.56. The zero-order valence-corrected chi connectivity index (χ0v) is 15.0. The average molecular weight is 386 g/mol. The minimum atomic E-state index is -4.41. The van der Waals surface area contributed by atoms with Crippen LogP contribution in [-0.4, -0.2) is 23.5 Å². The highest BCUT2D eigenvalue weighted by Crippen LogP contribution is 2.30. The number of hydrogen-bond acceptors (Lipinski definition) is 4. The number of furan rings is 1. The molecule has 2 aromatic rings. The Morgan fingerprint density at radius 2 is 2.15 bits per heavy atom. The number of nitrogens with zero attached hydrogens (tertiary/aromatic N) is 2. The van der Waals surface area contributed by atoms with Gasteiger partial charge in [-0.1, -0.05) is 12.8 Å². The predicted octanol–water partition coefficient (Wildman–Crippen LogP) is 3.98. The monoisotopic (exact) mass is 386 g/mol. The topological polar surface area (TPSA) is 62.5 Å². The van der Waals surface area contributed by atoms with E-state index in [4.69, 9.17) is 4.42 Å². The third kappa shape index (κ3) is 5.48. The highest BCUT2D eigenvalue weighted by Gasteiger charge is 2.33. The summed E-state index contributed by atoms with van der Waals surface area (Å²) in [6.45, 7) is 0.737. The first kappa shape index (κ1) is 18.8. The second kappa shape index (κ2) is 8.57. The number of aliphatic imine (C=N–C) groups is 1. The quantitative estimate of drug-likeness (QED) is 0.582. The van der Waals surface area contributed by atoms with E-state index in [0.29, 0.717) is 30.0 Å². The molecule has 0 spiro atoms. The molecule has 0 amide bonds. The van der Waals surface area contributed by atoms with Crippen molar-refractivity contribution in [3.8, 4) is 0 Å². The lowest BCUT2D eigenvalue weighted by Gasteiger charge is -2.17. The highest BCUT2D eigenvalue weighted by atomic mass is 32.1. The standard InChI is InChI=1S/C17H21F3N4OS/c18-17(19,20)14-11-26-15(24-14)10-22-16(23-12-4-1-2-5-12)21-8-7-13-6-3-9-25-13/h3,6,9,11-12H,1-2,4-5,7-8,10H2,(H2,21,22,23). The minimum Gasteiger partial charge on any atom is -0.469 e. The van der Waals surface area contributed by atoms with E-state index >= 15 is 0 Å². The van der Waals surface area contributed by atoms with Gasteiger partial charge in [0, 0.05) is 24.4 Å². The number of rotatable bonds is 6. The Labute approximate surface area is 153 Å². The van der Waals surface area contributed by atoms with E-state index in [-0.39, 0.29) is 6.54 Å². The van der Waals surface area contributed by atoms with Gasteiger partial charge in [0.2, 0.25) is 0 Å². The SMILES string of the molecule is FC(F)(F)c1csc(CN=C(NCCc2ccco2)NC2CCCC2)n1. The number of aromatic nitrogens is 1. The van der Waals surface area contributed by atoms with Crippen molar-refractivity contribution in [3.05, 3.63) is 40.2 Å². The summed E-state index contributed by atoms with van der Waals surface area (Å²) in [6.07, 6.45) is 2.43. The first-order valence-corrected chi connectivity index (χ1v) is 9.47. The molecule has 0 unspecified atom stereocenters. The predicted molar refractivity (Wildman–Crippen MR) is 94.1 cm³/mol. The van der Waals surface area contributed by atoms with Gasteiger partial charge in [0.15, 0.2) is 11.7 Å². The molecule has 2 aromatic heterocycles.